The summed E-state index contributed by atoms with van der Waals surface area (Å²) in [6.45, 7) is 0. The Balaban J connectivity index is 2.51. The molecule has 0 amide bonds. The van der Waals surface area contributed by atoms with Crippen LogP contribution in [-0.4, -0.2) is 19.3 Å². The van der Waals surface area contributed by atoms with Crippen LogP contribution in [0, 0.1) is 0 Å². The molecular formula is C15H14Br2O3. The van der Waals surface area contributed by atoms with Gasteiger partial charge in [-0.15, -0.1) is 0 Å². The molecule has 0 heterocycles. The highest BCUT2D eigenvalue weighted by Gasteiger charge is 2.20. The van der Waals surface area contributed by atoms with Gasteiger partial charge in [0.15, 0.2) is 0 Å². The van der Waals surface area contributed by atoms with E-state index < -0.39 is 6.10 Å². The van der Waals surface area contributed by atoms with E-state index in [9.17, 15) is 5.11 Å². The lowest BCUT2D eigenvalue weighted by Gasteiger charge is -2.18. The number of benzene rings is 2. The van der Waals surface area contributed by atoms with Gasteiger partial charge < -0.3 is 14.6 Å². The molecule has 1 atom stereocenters. The molecule has 0 saturated heterocycles. The molecule has 3 nitrogen and oxygen atoms in total. The van der Waals surface area contributed by atoms with Gasteiger partial charge in [0.1, 0.15) is 17.6 Å². The monoisotopic (exact) mass is 400 g/mol. The average molecular weight is 402 g/mol. The second-order valence-electron chi connectivity index (χ2n) is 4.15. The first-order chi connectivity index (χ1) is 9.58. The zero-order valence-corrected chi connectivity index (χ0v) is 14.2. The highest BCUT2D eigenvalue weighted by molar-refractivity contribution is 9.13. The Morgan fingerprint density at radius 1 is 0.950 bits per heavy atom. The van der Waals surface area contributed by atoms with E-state index in [0.717, 1.165) is 14.5 Å². The number of halogens is 2. The van der Waals surface area contributed by atoms with Crippen molar-refractivity contribution < 1.29 is 14.6 Å². The molecule has 1 N–H and O–H groups in total. The fraction of sp³-hybridized carbons (Fsp3) is 0.200. The van der Waals surface area contributed by atoms with Crippen LogP contribution < -0.4 is 9.47 Å². The summed E-state index contributed by atoms with van der Waals surface area (Å²) in [5.74, 6) is 1.19. The van der Waals surface area contributed by atoms with Crippen LogP contribution in [0.3, 0.4) is 0 Å². The van der Waals surface area contributed by atoms with E-state index in [2.05, 4.69) is 31.9 Å². The van der Waals surface area contributed by atoms with Crippen LogP contribution in [0.1, 0.15) is 17.2 Å². The van der Waals surface area contributed by atoms with Crippen LogP contribution in [0.15, 0.2) is 45.3 Å². The van der Waals surface area contributed by atoms with Gasteiger partial charge in [-0.05, 0) is 61.7 Å². The van der Waals surface area contributed by atoms with Crippen LogP contribution in [0.25, 0.3) is 0 Å². The Hall–Kier alpha value is -1.04. The minimum Gasteiger partial charge on any atom is -0.496 e. The van der Waals surface area contributed by atoms with Crippen molar-refractivity contribution in [2.24, 2.45) is 0 Å². The zero-order valence-electron chi connectivity index (χ0n) is 11.1. The Kier molecular flexibility index (Phi) is 5.07. The van der Waals surface area contributed by atoms with Crippen molar-refractivity contribution in [3.8, 4) is 11.5 Å². The van der Waals surface area contributed by atoms with Gasteiger partial charge in [-0.3, -0.25) is 0 Å². The Bertz CT molecular complexity index is 592. The predicted molar refractivity (Wildman–Crippen MR) is 85.4 cm³/mol. The molecule has 106 valence electrons. The fourth-order valence-electron chi connectivity index (χ4n) is 2.00. The van der Waals surface area contributed by atoms with E-state index >= 15 is 0 Å². The third-order valence-electron chi connectivity index (χ3n) is 3.00. The highest BCUT2D eigenvalue weighted by atomic mass is 79.9. The molecule has 2 aromatic rings. The average Bonchev–Trinajstić information content (AvgIpc) is 2.48. The van der Waals surface area contributed by atoms with Crippen molar-refractivity contribution in [2.45, 2.75) is 6.10 Å². The Labute approximate surface area is 134 Å². The first kappa shape index (κ1) is 15.4. The van der Waals surface area contributed by atoms with E-state index in [1.54, 1.807) is 26.4 Å². The van der Waals surface area contributed by atoms with Crippen LogP contribution >= 0.6 is 31.9 Å². The standard InChI is InChI=1S/C15H14Br2O3/c1-19-12-4-3-5-13(20-2)14(12)15(18)9-6-7-10(16)11(17)8-9/h3-8,15,18H,1-2H3. The molecule has 0 aromatic heterocycles. The lowest BCUT2D eigenvalue weighted by molar-refractivity contribution is 0.208. The van der Waals surface area contributed by atoms with Gasteiger partial charge in [0.2, 0.25) is 0 Å². The maximum atomic E-state index is 10.6. The number of hydrogen-bond acceptors (Lipinski definition) is 3. The van der Waals surface area contributed by atoms with Crippen molar-refractivity contribution in [1.82, 2.24) is 0 Å². The molecule has 20 heavy (non-hydrogen) atoms. The van der Waals surface area contributed by atoms with Gasteiger partial charge in [0.25, 0.3) is 0 Å². The van der Waals surface area contributed by atoms with E-state index in [-0.39, 0.29) is 0 Å². The summed E-state index contributed by atoms with van der Waals surface area (Å²) >= 11 is 6.85. The number of rotatable bonds is 4. The Morgan fingerprint density at radius 3 is 2.05 bits per heavy atom. The minimum atomic E-state index is -0.828. The molecule has 0 aliphatic carbocycles. The fourth-order valence-corrected chi connectivity index (χ4v) is 2.64. The molecule has 2 rings (SSSR count). The van der Waals surface area contributed by atoms with E-state index in [0.29, 0.717) is 17.1 Å². The Morgan fingerprint density at radius 2 is 1.55 bits per heavy atom. The number of hydrogen-bond donors (Lipinski definition) is 1. The number of aliphatic hydroxyl groups is 1. The molecule has 0 aliphatic rings. The summed E-state index contributed by atoms with van der Waals surface area (Å²) in [6.07, 6.45) is -0.828. The van der Waals surface area contributed by atoms with E-state index in [1.165, 1.54) is 0 Å². The third kappa shape index (κ3) is 3.00. The summed E-state index contributed by atoms with van der Waals surface area (Å²) in [5.41, 5.74) is 1.37. The van der Waals surface area contributed by atoms with Crippen molar-refractivity contribution in [2.75, 3.05) is 14.2 Å². The third-order valence-corrected chi connectivity index (χ3v) is 4.88. The molecule has 0 bridgehead atoms. The topological polar surface area (TPSA) is 38.7 Å². The molecular weight excluding hydrogens is 388 g/mol. The van der Waals surface area contributed by atoms with Gasteiger partial charge in [0.05, 0.1) is 19.8 Å². The van der Waals surface area contributed by atoms with Gasteiger partial charge in [-0.25, -0.2) is 0 Å². The second-order valence-corrected chi connectivity index (χ2v) is 5.86. The lowest BCUT2D eigenvalue weighted by Crippen LogP contribution is -2.05. The summed E-state index contributed by atoms with van der Waals surface area (Å²) in [5, 5.41) is 10.6. The predicted octanol–water partition coefficient (Wildman–Crippen LogP) is 4.31. The summed E-state index contributed by atoms with van der Waals surface area (Å²) in [7, 11) is 3.14. The maximum Gasteiger partial charge on any atom is 0.128 e. The van der Waals surface area contributed by atoms with Crippen molar-refractivity contribution >= 4 is 31.9 Å². The van der Waals surface area contributed by atoms with Crippen LogP contribution in [0.2, 0.25) is 0 Å². The molecule has 0 spiro atoms. The zero-order chi connectivity index (χ0) is 14.7. The highest BCUT2D eigenvalue weighted by Crippen LogP contribution is 2.38. The van der Waals surface area contributed by atoms with Crippen LogP contribution in [-0.2, 0) is 0 Å². The number of methoxy groups -OCH3 is 2. The van der Waals surface area contributed by atoms with Gasteiger partial charge in [0, 0.05) is 8.95 Å². The molecule has 0 aliphatic heterocycles. The summed E-state index contributed by atoms with van der Waals surface area (Å²) < 4.78 is 12.5. The molecule has 0 fully saturated rings. The molecule has 2 aromatic carbocycles. The minimum absolute atomic E-state index is 0.593. The number of aliphatic hydroxyl groups excluding tert-OH is 1. The van der Waals surface area contributed by atoms with E-state index in [4.69, 9.17) is 9.47 Å². The summed E-state index contributed by atoms with van der Waals surface area (Å²) in [4.78, 5) is 0. The normalized spacial score (nSPS) is 12.1. The second kappa shape index (κ2) is 6.61. The van der Waals surface area contributed by atoms with Crippen molar-refractivity contribution in [3.63, 3.8) is 0 Å². The lowest BCUT2D eigenvalue weighted by atomic mass is 9.99. The molecule has 0 radical (unpaired) electrons. The molecule has 5 heteroatoms. The SMILES string of the molecule is COc1cccc(OC)c1C(O)c1ccc(Br)c(Br)c1. The van der Waals surface area contributed by atoms with Crippen LogP contribution in [0.4, 0.5) is 0 Å². The quantitative estimate of drug-likeness (QED) is 0.829. The van der Waals surface area contributed by atoms with Gasteiger partial charge >= 0.3 is 0 Å². The largest absolute Gasteiger partial charge is 0.496 e. The first-order valence-corrected chi connectivity index (χ1v) is 7.51. The summed E-state index contributed by atoms with van der Waals surface area (Å²) in [6, 6.07) is 11.0. The van der Waals surface area contributed by atoms with Gasteiger partial charge in [-0.2, -0.15) is 0 Å². The molecule has 0 saturated carbocycles. The maximum absolute atomic E-state index is 10.6. The van der Waals surface area contributed by atoms with E-state index in [1.807, 2.05) is 24.3 Å². The smallest absolute Gasteiger partial charge is 0.128 e. The van der Waals surface area contributed by atoms with Crippen molar-refractivity contribution in [1.29, 1.82) is 0 Å². The van der Waals surface area contributed by atoms with Crippen LogP contribution in [0.5, 0.6) is 11.5 Å². The first-order valence-electron chi connectivity index (χ1n) is 5.92. The molecule has 1 unspecified atom stereocenters. The number of ether oxygens (including phenoxy) is 2. The van der Waals surface area contributed by atoms with Gasteiger partial charge in [-0.1, -0.05) is 12.1 Å². The van der Waals surface area contributed by atoms with Crippen molar-refractivity contribution in [3.05, 3.63) is 56.5 Å².